The number of para-hydroxylation sites is 1. The molecule has 0 saturated carbocycles. The molecular weight excluding hydrogens is 477 g/mol. The highest BCUT2D eigenvalue weighted by atomic mass is 32.1. The molecule has 2 aromatic carbocycles. The van der Waals surface area contributed by atoms with Crippen LogP contribution in [-0.4, -0.2) is 42.5 Å². The van der Waals surface area contributed by atoms with Crippen LogP contribution in [0.2, 0.25) is 0 Å². The lowest BCUT2D eigenvalue weighted by Crippen LogP contribution is -2.26. The molecule has 0 radical (unpaired) electrons. The van der Waals surface area contributed by atoms with Gasteiger partial charge < -0.3 is 19.5 Å². The third-order valence-corrected chi connectivity index (χ3v) is 5.97. The van der Waals surface area contributed by atoms with Crippen LogP contribution < -0.4 is 20.3 Å². The standard InChI is InChI=1S/C24H20FN3O6S/c1-4-34-24(31)20-14-12-35-22(26-21(29)13-9-10-17(32-2)18(11-13)33-3)19(14)23(30)28(27-20)16-8-6-5-7-15(16)25/h5-12H,4H2,1-3H3,(H,26,29). The van der Waals surface area contributed by atoms with Crippen molar-refractivity contribution in [2.75, 3.05) is 26.1 Å². The van der Waals surface area contributed by atoms with Gasteiger partial charge in [0.15, 0.2) is 17.2 Å². The molecule has 0 fully saturated rings. The average molecular weight is 498 g/mol. The first-order chi connectivity index (χ1) is 16.9. The zero-order valence-corrected chi connectivity index (χ0v) is 19.8. The number of aromatic nitrogens is 2. The Balaban J connectivity index is 1.86. The van der Waals surface area contributed by atoms with Crippen LogP contribution in [0.1, 0.15) is 27.8 Å². The lowest BCUT2D eigenvalue weighted by Gasteiger charge is -2.11. The highest BCUT2D eigenvalue weighted by Crippen LogP contribution is 2.32. The van der Waals surface area contributed by atoms with Gasteiger partial charge in [-0.25, -0.2) is 9.18 Å². The van der Waals surface area contributed by atoms with Crippen LogP contribution in [0, 0.1) is 5.82 Å². The number of nitrogens with one attached hydrogen (secondary N) is 1. The van der Waals surface area contributed by atoms with E-state index in [-0.39, 0.29) is 39.3 Å². The van der Waals surface area contributed by atoms with Gasteiger partial charge in [-0.3, -0.25) is 9.59 Å². The lowest BCUT2D eigenvalue weighted by molar-refractivity contribution is 0.0519. The Hall–Kier alpha value is -4.25. The van der Waals surface area contributed by atoms with Crippen molar-refractivity contribution < 1.29 is 28.2 Å². The van der Waals surface area contributed by atoms with E-state index in [0.29, 0.717) is 11.5 Å². The zero-order valence-electron chi connectivity index (χ0n) is 19.0. The van der Waals surface area contributed by atoms with Crippen LogP contribution in [0.25, 0.3) is 16.5 Å². The molecule has 0 bridgehead atoms. The number of methoxy groups -OCH3 is 2. The topological polar surface area (TPSA) is 109 Å². The summed E-state index contributed by atoms with van der Waals surface area (Å²) >= 11 is 1.03. The summed E-state index contributed by atoms with van der Waals surface area (Å²) in [5.74, 6) is -1.21. The minimum absolute atomic E-state index is 0.00475. The second-order valence-corrected chi connectivity index (χ2v) is 7.99. The summed E-state index contributed by atoms with van der Waals surface area (Å²) in [4.78, 5) is 39.0. The van der Waals surface area contributed by atoms with E-state index in [4.69, 9.17) is 14.2 Å². The van der Waals surface area contributed by atoms with Gasteiger partial charge in [0.25, 0.3) is 11.5 Å². The summed E-state index contributed by atoms with van der Waals surface area (Å²) in [5.41, 5.74) is -0.777. The third kappa shape index (κ3) is 4.45. The van der Waals surface area contributed by atoms with Gasteiger partial charge in [-0.1, -0.05) is 12.1 Å². The molecule has 0 aliphatic rings. The van der Waals surface area contributed by atoms with Crippen molar-refractivity contribution in [2.45, 2.75) is 6.92 Å². The summed E-state index contributed by atoms with van der Waals surface area (Å²) in [6.45, 7) is 1.71. The van der Waals surface area contributed by atoms with E-state index >= 15 is 0 Å². The Morgan fingerprint density at radius 3 is 2.54 bits per heavy atom. The van der Waals surface area contributed by atoms with Crippen LogP contribution in [0.5, 0.6) is 11.5 Å². The molecule has 1 amide bonds. The first-order valence-corrected chi connectivity index (χ1v) is 11.3. The molecule has 11 heteroatoms. The summed E-state index contributed by atoms with van der Waals surface area (Å²) in [6, 6.07) is 10.1. The van der Waals surface area contributed by atoms with Crippen molar-refractivity contribution >= 4 is 39.0 Å². The fourth-order valence-electron chi connectivity index (χ4n) is 3.43. The fourth-order valence-corrected chi connectivity index (χ4v) is 4.36. The van der Waals surface area contributed by atoms with Gasteiger partial charge in [0.05, 0.1) is 26.2 Å². The molecule has 35 heavy (non-hydrogen) atoms. The predicted molar refractivity (Wildman–Crippen MR) is 129 cm³/mol. The molecule has 4 rings (SSSR count). The van der Waals surface area contributed by atoms with E-state index in [0.717, 1.165) is 16.0 Å². The van der Waals surface area contributed by atoms with E-state index in [1.54, 1.807) is 13.0 Å². The Morgan fingerprint density at radius 2 is 1.86 bits per heavy atom. The smallest absolute Gasteiger partial charge is 0.359 e. The number of anilines is 1. The molecular formula is C24H20FN3O6S. The summed E-state index contributed by atoms with van der Waals surface area (Å²) in [5, 5.41) is 8.68. The normalized spacial score (nSPS) is 10.7. The number of nitrogens with zero attached hydrogens (tertiary/aromatic N) is 2. The van der Waals surface area contributed by atoms with Crippen molar-refractivity contribution in [2.24, 2.45) is 0 Å². The predicted octanol–water partition coefficient (Wildman–Crippen LogP) is 4.03. The Labute approximate surface area is 202 Å². The second-order valence-electron chi connectivity index (χ2n) is 7.11. The molecule has 2 heterocycles. The van der Waals surface area contributed by atoms with Gasteiger partial charge >= 0.3 is 5.97 Å². The number of amides is 1. The number of hydrogen-bond acceptors (Lipinski definition) is 8. The molecule has 0 atom stereocenters. The van der Waals surface area contributed by atoms with Gasteiger partial charge in [0.1, 0.15) is 16.5 Å². The Morgan fingerprint density at radius 1 is 1.11 bits per heavy atom. The lowest BCUT2D eigenvalue weighted by atomic mass is 10.1. The number of hydrogen-bond donors (Lipinski definition) is 1. The molecule has 0 saturated heterocycles. The largest absolute Gasteiger partial charge is 0.493 e. The SMILES string of the molecule is CCOC(=O)c1nn(-c2ccccc2F)c(=O)c2c(NC(=O)c3ccc(OC)c(OC)c3)scc12. The highest BCUT2D eigenvalue weighted by Gasteiger charge is 2.24. The molecule has 180 valence electrons. The van der Waals surface area contributed by atoms with Gasteiger partial charge in [-0.2, -0.15) is 9.78 Å². The zero-order chi connectivity index (χ0) is 25.1. The molecule has 0 spiro atoms. The number of fused-ring (bicyclic) bond motifs is 1. The molecule has 0 aliphatic heterocycles. The van der Waals surface area contributed by atoms with E-state index in [1.807, 2.05) is 0 Å². The molecule has 9 nitrogen and oxygen atoms in total. The number of ether oxygens (including phenoxy) is 3. The van der Waals surface area contributed by atoms with Gasteiger partial charge in [0.2, 0.25) is 0 Å². The van der Waals surface area contributed by atoms with E-state index in [2.05, 4.69) is 10.4 Å². The maximum Gasteiger partial charge on any atom is 0.359 e. The van der Waals surface area contributed by atoms with E-state index in [9.17, 15) is 18.8 Å². The van der Waals surface area contributed by atoms with Crippen LogP contribution >= 0.6 is 11.3 Å². The summed E-state index contributed by atoms with van der Waals surface area (Å²) in [6.07, 6.45) is 0. The number of esters is 1. The molecule has 4 aromatic rings. The van der Waals surface area contributed by atoms with E-state index in [1.165, 1.54) is 56.0 Å². The van der Waals surface area contributed by atoms with Gasteiger partial charge in [0, 0.05) is 16.3 Å². The number of halogens is 1. The first-order valence-electron chi connectivity index (χ1n) is 10.4. The van der Waals surface area contributed by atoms with Crippen LogP contribution in [0.3, 0.4) is 0 Å². The minimum Gasteiger partial charge on any atom is -0.493 e. The monoisotopic (exact) mass is 497 g/mol. The third-order valence-electron chi connectivity index (χ3n) is 5.07. The van der Waals surface area contributed by atoms with Crippen molar-refractivity contribution in [3.8, 4) is 17.2 Å². The fraction of sp³-hybridized carbons (Fsp3) is 0.167. The maximum atomic E-state index is 14.5. The number of benzene rings is 2. The minimum atomic E-state index is -0.779. The molecule has 0 unspecified atom stereocenters. The van der Waals surface area contributed by atoms with Crippen molar-refractivity contribution in [1.82, 2.24) is 9.78 Å². The molecule has 2 aromatic heterocycles. The van der Waals surface area contributed by atoms with Gasteiger partial charge in [-0.15, -0.1) is 11.3 Å². The number of rotatable bonds is 7. The Kier molecular flexibility index (Phi) is 6.78. The number of carbonyl (C=O) groups excluding carboxylic acids is 2. The maximum absolute atomic E-state index is 14.5. The quantitative estimate of drug-likeness (QED) is 0.384. The highest BCUT2D eigenvalue weighted by molar-refractivity contribution is 7.16. The van der Waals surface area contributed by atoms with Crippen molar-refractivity contribution in [3.63, 3.8) is 0 Å². The summed E-state index contributed by atoms with van der Waals surface area (Å²) < 4.78 is 30.8. The Bertz CT molecular complexity index is 1500. The van der Waals surface area contributed by atoms with Crippen LogP contribution in [0.15, 0.2) is 52.6 Å². The van der Waals surface area contributed by atoms with Crippen LogP contribution in [0.4, 0.5) is 9.39 Å². The van der Waals surface area contributed by atoms with Crippen molar-refractivity contribution in [3.05, 3.63) is 75.3 Å². The second kappa shape index (κ2) is 9.94. The first kappa shape index (κ1) is 23.9. The number of carbonyl (C=O) groups is 2. The summed E-state index contributed by atoms with van der Waals surface area (Å²) in [7, 11) is 2.92. The van der Waals surface area contributed by atoms with E-state index < -0.39 is 23.3 Å². The molecule has 1 N–H and O–H groups in total. The van der Waals surface area contributed by atoms with Crippen molar-refractivity contribution in [1.29, 1.82) is 0 Å². The van der Waals surface area contributed by atoms with Gasteiger partial charge in [-0.05, 0) is 37.3 Å². The number of thiophene rings is 1. The molecule has 0 aliphatic carbocycles. The van der Waals surface area contributed by atoms with Crippen LogP contribution in [-0.2, 0) is 4.74 Å². The average Bonchev–Trinajstić information content (AvgIpc) is 3.28.